The van der Waals surface area contributed by atoms with Gasteiger partial charge in [-0.15, -0.1) is 0 Å². The van der Waals surface area contributed by atoms with Crippen molar-refractivity contribution in [3.63, 3.8) is 0 Å². The Bertz CT molecular complexity index is 539. The van der Waals surface area contributed by atoms with Crippen molar-refractivity contribution in [2.45, 2.75) is 4.90 Å². The molecule has 0 amide bonds. The fourth-order valence-electron chi connectivity index (χ4n) is 1.86. The summed E-state index contributed by atoms with van der Waals surface area (Å²) in [5.41, 5.74) is 6.17. The van der Waals surface area contributed by atoms with Crippen molar-refractivity contribution in [3.8, 4) is 0 Å². The smallest absolute Gasteiger partial charge is 0.243 e. The van der Waals surface area contributed by atoms with Gasteiger partial charge in [0.1, 0.15) is 0 Å². The first-order chi connectivity index (χ1) is 8.41. The van der Waals surface area contributed by atoms with Gasteiger partial charge in [-0.3, -0.25) is 0 Å². The summed E-state index contributed by atoms with van der Waals surface area (Å²) >= 11 is 3.26. The van der Waals surface area contributed by atoms with Gasteiger partial charge in [-0.05, 0) is 41.2 Å². The van der Waals surface area contributed by atoms with E-state index in [0.717, 1.165) is 13.1 Å². The number of likely N-dealkylation sites (N-methyl/N-ethyl adjacent to an activating group) is 1. The van der Waals surface area contributed by atoms with Gasteiger partial charge >= 0.3 is 0 Å². The van der Waals surface area contributed by atoms with E-state index >= 15 is 0 Å². The third-order valence-corrected chi connectivity index (χ3v) is 5.68. The molecule has 1 aliphatic heterocycles. The number of rotatable bonds is 2. The van der Waals surface area contributed by atoms with Crippen LogP contribution < -0.4 is 5.73 Å². The minimum absolute atomic E-state index is 0.257. The van der Waals surface area contributed by atoms with Crippen LogP contribution in [0.2, 0.25) is 0 Å². The van der Waals surface area contributed by atoms with E-state index in [-0.39, 0.29) is 4.90 Å². The molecule has 2 rings (SSSR count). The Morgan fingerprint density at radius 2 is 1.83 bits per heavy atom. The van der Waals surface area contributed by atoms with Gasteiger partial charge in [-0.1, -0.05) is 0 Å². The molecule has 100 valence electrons. The molecule has 1 aliphatic rings. The number of hydrogen-bond acceptors (Lipinski definition) is 4. The summed E-state index contributed by atoms with van der Waals surface area (Å²) in [4.78, 5) is 2.37. The predicted octanol–water partition coefficient (Wildman–Crippen LogP) is 0.967. The average molecular weight is 334 g/mol. The molecular formula is C11H16BrN3O2S. The van der Waals surface area contributed by atoms with Gasteiger partial charge in [-0.2, -0.15) is 4.31 Å². The predicted molar refractivity (Wildman–Crippen MR) is 74.8 cm³/mol. The zero-order valence-electron chi connectivity index (χ0n) is 10.1. The Balaban J connectivity index is 2.27. The molecular weight excluding hydrogens is 318 g/mol. The molecule has 5 nitrogen and oxygen atoms in total. The molecule has 1 fully saturated rings. The van der Waals surface area contributed by atoms with E-state index in [1.54, 1.807) is 12.1 Å². The highest BCUT2D eigenvalue weighted by Crippen LogP contribution is 2.25. The van der Waals surface area contributed by atoms with Crippen LogP contribution in [0.3, 0.4) is 0 Å². The van der Waals surface area contributed by atoms with Crippen molar-refractivity contribution in [1.29, 1.82) is 0 Å². The maximum Gasteiger partial charge on any atom is 0.243 e. The molecule has 0 saturated carbocycles. The fraction of sp³-hybridized carbons (Fsp3) is 0.455. The van der Waals surface area contributed by atoms with Gasteiger partial charge in [-0.25, -0.2) is 8.42 Å². The molecule has 7 heteroatoms. The fourth-order valence-corrected chi connectivity index (χ4v) is 3.56. The topological polar surface area (TPSA) is 66.6 Å². The van der Waals surface area contributed by atoms with Gasteiger partial charge in [0.25, 0.3) is 0 Å². The second kappa shape index (κ2) is 5.16. The highest BCUT2D eigenvalue weighted by Gasteiger charge is 2.27. The standard InChI is InChI=1S/C11H16BrN3O2S/c1-14-4-6-15(7-5-14)18(16,17)9-2-3-10(12)11(13)8-9/h2-3,8H,4-7,13H2,1H3. The molecule has 1 aromatic rings. The van der Waals surface area contributed by atoms with Crippen molar-refractivity contribution < 1.29 is 8.42 Å². The van der Waals surface area contributed by atoms with Crippen LogP contribution in [0.4, 0.5) is 5.69 Å². The zero-order valence-corrected chi connectivity index (χ0v) is 12.5. The molecule has 0 radical (unpaired) electrons. The lowest BCUT2D eigenvalue weighted by Crippen LogP contribution is -2.47. The number of hydrogen-bond donors (Lipinski definition) is 1. The molecule has 0 aliphatic carbocycles. The molecule has 2 N–H and O–H groups in total. The van der Waals surface area contributed by atoms with Gasteiger partial charge < -0.3 is 10.6 Å². The third kappa shape index (κ3) is 2.69. The summed E-state index contributed by atoms with van der Waals surface area (Å²) in [6, 6.07) is 4.74. The van der Waals surface area contributed by atoms with Gasteiger partial charge in [0, 0.05) is 36.3 Å². The van der Waals surface area contributed by atoms with Crippen LogP contribution in [-0.2, 0) is 10.0 Å². The molecule has 0 bridgehead atoms. The van der Waals surface area contributed by atoms with E-state index < -0.39 is 10.0 Å². The van der Waals surface area contributed by atoms with E-state index in [9.17, 15) is 8.42 Å². The summed E-state index contributed by atoms with van der Waals surface area (Å²) in [5.74, 6) is 0. The molecule has 0 spiro atoms. The van der Waals surface area contributed by atoms with E-state index in [4.69, 9.17) is 5.73 Å². The summed E-state index contributed by atoms with van der Waals surface area (Å²) < 4.78 is 27.0. The number of nitrogens with zero attached hydrogens (tertiary/aromatic N) is 2. The lowest BCUT2D eigenvalue weighted by atomic mass is 10.3. The van der Waals surface area contributed by atoms with E-state index in [2.05, 4.69) is 20.8 Å². The number of nitrogens with two attached hydrogens (primary N) is 1. The van der Waals surface area contributed by atoms with E-state index in [1.807, 2.05) is 7.05 Å². The summed E-state index contributed by atoms with van der Waals surface area (Å²) in [6.45, 7) is 2.56. The Morgan fingerprint density at radius 1 is 1.22 bits per heavy atom. The third-order valence-electron chi connectivity index (χ3n) is 3.07. The SMILES string of the molecule is CN1CCN(S(=O)(=O)c2ccc(Br)c(N)c2)CC1. The molecule has 0 unspecified atom stereocenters. The Hall–Kier alpha value is -0.630. The zero-order chi connectivity index (χ0) is 13.3. The number of benzene rings is 1. The highest BCUT2D eigenvalue weighted by atomic mass is 79.9. The minimum Gasteiger partial charge on any atom is -0.398 e. The van der Waals surface area contributed by atoms with Gasteiger partial charge in [0.15, 0.2) is 0 Å². The Labute approximate surface area is 116 Å². The summed E-state index contributed by atoms with van der Waals surface area (Å²) in [6.07, 6.45) is 0. The van der Waals surface area contributed by atoms with Gasteiger partial charge in [0.05, 0.1) is 4.90 Å². The normalized spacial score (nSPS) is 19.0. The first kappa shape index (κ1) is 13.8. The van der Waals surface area contributed by atoms with Crippen molar-refractivity contribution in [2.24, 2.45) is 0 Å². The maximum absolute atomic E-state index is 12.4. The van der Waals surface area contributed by atoms with Crippen LogP contribution in [0.25, 0.3) is 0 Å². The molecule has 1 aromatic carbocycles. The lowest BCUT2D eigenvalue weighted by Gasteiger charge is -2.31. The number of halogens is 1. The summed E-state index contributed by atoms with van der Waals surface area (Å²) in [7, 11) is -1.43. The largest absolute Gasteiger partial charge is 0.398 e. The first-order valence-corrected chi connectivity index (χ1v) is 7.88. The molecule has 1 heterocycles. The molecule has 0 aromatic heterocycles. The van der Waals surface area contributed by atoms with Crippen LogP contribution >= 0.6 is 15.9 Å². The molecule has 18 heavy (non-hydrogen) atoms. The van der Waals surface area contributed by atoms with Crippen LogP contribution in [-0.4, -0.2) is 50.8 Å². The maximum atomic E-state index is 12.4. The first-order valence-electron chi connectivity index (χ1n) is 5.65. The number of anilines is 1. The second-order valence-corrected chi connectivity index (χ2v) is 7.18. The van der Waals surface area contributed by atoms with Crippen molar-refractivity contribution >= 4 is 31.6 Å². The van der Waals surface area contributed by atoms with Crippen LogP contribution in [0.15, 0.2) is 27.6 Å². The van der Waals surface area contributed by atoms with E-state index in [0.29, 0.717) is 23.2 Å². The number of sulfonamides is 1. The quantitative estimate of drug-likeness (QED) is 0.819. The second-order valence-electron chi connectivity index (χ2n) is 4.39. The monoisotopic (exact) mass is 333 g/mol. The van der Waals surface area contributed by atoms with Crippen LogP contribution in [0, 0.1) is 0 Å². The summed E-state index contributed by atoms with van der Waals surface area (Å²) in [5, 5.41) is 0. The van der Waals surface area contributed by atoms with Crippen molar-refractivity contribution in [2.75, 3.05) is 39.0 Å². The number of piperazine rings is 1. The highest BCUT2D eigenvalue weighted by molar-refractivity contribution is 9.10. The Kier molecular flexibility index (Phi) is 3.96. The molecule has 1 saturated heterocycles. The molecule has 0 atom stereocenters. The van der Waals surface area contributed by atoms with Crippen LogP contribution in [0.1, 0.15) is 0 Å². The van der Waals surface area contributed by atoms with E-state index in [1.165, 1.54) is 10.4 Å². The van der Waals surface area contributed by atoms with Crippen LogP contribution in [0.5, 0.6) is 0 Å². The van der Waals surface area contributed by atoms with Crippen molar-refractivity contribution in [3.05, 3.63) is 22.7 Å². The average Bonchev–Trinajstić information content (AvgIpc) is 2.33. The minimum atomic E-state index is -3.42. The van der Waals surface area contributed by atoms with Crippen molar-refractivity contribution in [1.82, 2.24) is 9.21 Å². The Morgan fingerprint density at radius 3 is 2.39 bits per heavy atom. The number of nitrogen functional groups attached to an aromatic ring is 1. The lowest BCUT2D eigenvalue weighted by molar-refractivity contribution is 0.222. The van der Waals surface area contributed by atoms with Gasteiger partial charge in [0.2, 0.25) is 10.0 Å².